The van der Waals surface area contributed by atoms with Crippen molar-refractivity contribution in [3.63, 3.8) is 0 Å². The summed E-state index contributed by atoms with van der Waals surface area (Å²) in [5, 5.41) is 26.2. The number of rotatable bonds is 4. The normalized spacial score (nSPS) is 24.8. The minimum atomic E-state index is -1.43. The molecule has 0 saturated carbocycles. The number of carbonyl (C=O) groups excluding carboxylic acids is 1. The van der Waals surface area contributed by atoms with E-state index in [4.69, 9.17) is 9.47 Å². The molecule has 0 spiro atoms. The molecule has 3 rings (SSSR count). The summed E-state index contributed by atoms with van der Waals surface area (Å²) in [6.45, 7) is 3.67. The molecule has 0 bridgehead atoms. The van der Waals surface area contributed by atoms with Gasteiger partial charge in [0.05, 0.1) is 25.2 Å². The number of phenolic OH excluding ortho intramolecular Hbond substituents is 1. The molecule has 0 amide bonds. The van der Waals surface area contributed by atoms with Crippen molar-refractivity contribution in [1.29, 1.82) is 0 Å². The molecule has 1 aliphatic carbocycles. The van der Waals surface area contributed by atoms with E-state index < -0.39 is 23.4 Å². The summed E-state index contributed by atoms with van der Waals surface area (Å²) in [4.78, 5) is 24.9. The molecule has 8 nitrogen and oxygen atoms in total. The van der Waals surface area contributed by atoms with Crippen LogP contribution >= 0.6 is 0 Å². The first-order valence-corrected chi connectivity index (χ1v) is 8.35. The second-order valence-corrected chi connectivity index (χ2v) is 6.64. The Bertz CT molecular complexity index is 882. The van der Waals surface area contributed by atoms with Gasteiger partial charge in [0.1, 0.15) is 0 Å². The van der Waals surface area contributed by atoms with E-state index in [0.29, 0.717) is 23.4 Å². The lowest BCUT2D eigenvalue weighted by atomic mass is 9.66. The third-order valence-electron chi connectivity index (χ3n) is 4.84. The molecule has 140 valence electrons. The maximum Gasteiger partial charge on any atom is 0.312 e. The highest BCUT2D eigenvalue weighted by molar-refractivity contribution is 5.77. The van der Waals surface area contributed by atoms with Gasteiger partial charge in [-0.1, -0.05) is 6.07 Å². The Morgan fingerprint density at radius 3 is 2.77 bits per heavy atom. The van der Waals surface area contributed by atoms with Crippen molar-refractivity contribution in [3.8, 4) is 11.5 Å². The third kappa shape index (κ3) is 2.86. The Morgan fingerprint density at radius 1 is 1.38 bits per heavy atom. The van der Waals surface area contributed by atoms with E-state index in [1.54, 1.807) is 26.0 Å². The molecular formula is C18H22N2O6. The molecule has 8 heteroatoms. The highest BCUT2D eigenvalue weighted by Crippen LogP contribution is 2.45. The van der Waals surface area contributed by atoms with Crippen LogP contribution in [0, 0.1) is 5.92 Å². The molecule has 1 aromatic carbocycles. The quantitative estimate of drug-likeness (QED) is 0.602. The van der Waals surface area contributed by atoms with E-state index in [1.807, 2.05) is 0 Å². The van der Waals surface area contributed by atoms with Crippen molar-refractivity contribution in [3.05, 3.63) is 45.4 Å². The highest BCUT2D eigenvalue weighted by Gasteiger charge is 2.51. The van der Waals surface area contributed by atoms with Crippen molar-refractivity contribution in [2.24, 2.45) is 5.92 Å². The summed E-state index contributed by atoms with van der Waals surface area (Å²) in [6.07, 6.45) is 0.105. The maximum absolute atomic E-state index is 12.5. The smallest absolute Gasteiger partial charge is 0.312 e. The van der Waals surface area contributed by atoms with Crippen LogP contribution in [0.1, 0.15) is 36.6 Å². The van der Waals surface area contributed by atoms with Gasteiger partial charge in [-0.2, -0.15) is 0 Å². The number of aromatic hydroxyl groups is 1. The van der Waals surface area contributed by atoms with Gasteiger partial charge in [0.15, 0.2) is 11.5 Å². The summed E-state index contributed by atoms with van der Waals surface area (Å²) >= 11 is 0. The number of methoxy groups -OCH3 is 1. The van der Waals surface area contributed by atoms with Gasteiger partial charge in [-0.05, 0) is 31.5 Å². The molecule has 4 N–H and O–H groups in total. The van der Waals surface area contributed by atoms with Crippen LogP contribution in [0.5, 0.6) is 11.5 Å². The summed E-state index contributed by atoms with van der Waals surface area (Å²) in [7, 11) is 1.24. The van der Waals surface area contributed by atoms with Crippen LogP contribution in [-0.2, 0) is 16.0 Å². The SMILES string of the molecule is CCOc1cc(C2c3c([nH][nH]c3=O)CC(C)(O)C2C(=O)OC)ccc1O. The summed E-state index contributed by atoms with van der Waals surface area (Å²) in [6, 6.07) is 4.63. The predicted molar refractivity (Wildman–Crippen MR) is 92.4 cm³/mol. The van der Waals surface area contributed by atoms with Crippen molar-refractivity contribution < 1.29 is 24.5 Å². The molecular weight excluding hydrogens is 340 g/mol. The van der Waals surface area contributed by atoms with E-state index >= 15 is 0 Å². The van der Waals surface area contributed by atoms with Crippen molar-refractivity contribution in [2.75, 3.05) is 13.7 Å². The number of carbonyl (C=O) groups is 1. The molecule has 3 atom stereocenters. The number of aromatic nitrogens is 2. The maximum atomic E-state index is 12.5. The Hall–Kier alpha value is -2.74. The van der Waals surface area contributed by atoms with Crippen LogP contribution in [0.25, 0.3) is 0 Å². The zero-order valence-corrected chi connectivity index (χ0v) is 14.8. The van der Waals surface area contributed by atoms with E-state index in [2.05, 4.69) is 10.2 Å². The molecule has 0 aliphatic heterocycles. The lowest BCUT2D eigenvalue weighted by molar-refractivity contribution is -0.156. The van der Waals surface area contributed by atoms with Crippen LogP contribution in [0.2, 0.25) is 0 Å². The molecule has 0 saturated heterocycles. The third-order valence-corrected chi connectivity index (χ3v) is 4.84. The Kier molecular flexibility index (Phi) is 4.53. The Balaban J connectivity index is 2.23. The lowest BCUT2D eigenvalue weighted by Gasteiger charge is -2.40. The number of benzene rings is 1. The Labute approximate surface area is 149 Å². The number of esters is 1. The van der Waals surface area contributed by atoms with Crippen LogP contribution in [0.15, 0.2) is 23.0 Å². The summed E-state index contributed by atoms with van der Waals surface area (Å²) < 4.78 is 10.3. The first-order valence-electron chi connectivity index (χ1n) is 8.35. The fraction of sp³-hybridized carbons (Fsp3) is 0.444. The number of hydrogen-bond donors (Lipinski definition) is 4. The van der Waals surface area contributed by atoms with Gasteiger partial charge in [-0.3, -0.25) is 14.7 Å². The molecule has 3 unspecified atom stereocenters. The van der Waals surface area contributed by atoms with Gasteiger partial charge in [-0.25, -0.2) is 0 Å². The zero-order valence-electron chi connectivity index (χ0n) is 14.8. The number of hydrogen-bond acceptors (Lipinski definition) is 6. The second-order valence-electron chi connectivity index (χ2n) is 6.64. The molecule has 26 heavy (non-hydrogen) atoms. The van der Waals surface area contributed by atoms with E-state index in [1.165, 1.54) is 13.2 Å². The number of fused-ring (bicyclic) bond motifs is 1. The topological polar surface area (TPSA) is 125 Å². The molecule has 1 aliphatic rings. The molecule has 1 heterocycles. The first kappa shape index (κ1) is 18.1. The first-order chi connectivity index (χ1) is 12.3. The van der Waals surface area contributed by atoms with Gasteiger partial charge < -0.3 is 24.8 Å². The van der Waals surface area contributed by atoms with Crippen molar-refractivity contribution in [1.82, 2.24) is 10.2 Å². The highest BCUT2D eigenvalue weighted by atomic mass is 16.5. The van der Waals surface area contributed by atoms with Crippen LogP contribution < -0.4 is 10.3 Å². The monoisotopic (exact) mass is 362 g/mol. The van der Waals surface area contributed by atoms with Crippen LogP contribution in [-0.4, -0.2) is 45.7 Å². The fourth-order valence-electron chi connectivity index (χ4n) is 3.74. The second kappa shape index (κ2) is 6.53. The standard InChI is InChI=1S/C18H22N2O6/c1-4-26-12-7-9(5-6-11(12)21)13-14-10(19-20-16(14)22)8-18(2,24)15(13)17(23)25-3/h5-7,13,15,21,24H,4,8H2,1-3H3,(H2,19,20,22). The van der Waals surface area contributed by atoms with Gasteiger partial charge >= 0.3 is 5.97 Å². The number of nitrogens with one attached hydrogen (secondary N) is 2. The van der Waals surface area contributed by atoms with Crippen molar-refractivity contribution >= 4 is 5.97 Å². The number of aliphatic hydroxyl groups is 1. The van der Waals surface area contributed by atoms with Crippen LogP contribution in [0.4, 0.5) is 0 Å². The average molecular weight is 362 g/mol. The van der Waals surface area contributed by atoms with Crippen LogP contribution in [0.3, 0.4) is 0 Å². The molecule has 0 fully saturated rings. The van der Waals surface area contributed by atoms with Gasteiger partial charge in [0, 0.05) is 23.6 Å². The number of ether oxygens (including phenoxy) is 2. The Morgan fingerprint density at radius 2 is 2.12 bits per heavy atom. The molecule has 0 radical (unpaired) electrons. The summed E-state index contributed by atoms with van der Waals surface area (Å²) in [5.41, 5.74) is -0.316. The number of phenols is 1. The largest absolute Gasteiger partial charge is 0.504 e. The van der Waals surface area contributed by atoms with Crippen molar-refractivity contribution in [2.45, 2.75) is 31.8 Å². The van der Waals surface area contributed by atoms with E-state index in [9.17, 15) is 19.8 Å². The van der Waals surface area contributed by atoms with Gasteiger partial charge in [0.25, 0.3) is 5.56 Å². The number of aromatic amines is 2. The predicted octanol–water partition coefficient (Wildman–Crippen LogP) is 1.04. The van der Waals surface area contributed by atoms with E-state index in [-0.39, 0.29) is 23.5 Å². The lowest BCUT2D eigenvalue weighted by Crippen LogP contribution is -2.49. The minimum absolute atomic E-state index is 0.0454. The minimum Gasteiger partial charge on any atom is -0.504 e. The van der Waals surface area contributed by atoms with Gasteiger partial charge in [-0.15, -0.1) is 0 Å². The zero-order chi connectivity index (χ0) is 19.1. The summed E-state index contributed by atoms with van der Waals surface area (Å²) in [5.74, 6) is -2.16. The average Bonchev–Trinajstić information content (AvgIpc) is 2.94. The fourth-order valence-corrected chi connectivity index (χ4v) is 3.74. The number of H-pyrrole nitrogens is 2. The molecule has 2 aromatic rings. The molecule has 1 aromatic heterocycles. The van der Waals surface area contributed by atoms with Gasteiger partial charge in [0.2, 0.25) is 0 Å². The van der Waals surface area contributed by atoms with E-state index in [0.717, 1.165) is 0 Å².